The molecule has 0 saturated carbocycles. The Balaban J connectivity index is 2.13. The summed E-state index contributed by atoms with van der Waals surface area (Å²) in [5.74, 6) is -0.326. The maximum absolute atomic E-state index is 10.7. The van der Waals surface area contributed by atoms with Crippen LogP contribution in [0.5, 0.6) is 11.5 Å². The lowest BCUT2D eigenvalue weighted by molar-refractivity contribution is -0.136. The molecule has 0 radical (unpaired) electrons. The van der Waals surface area contributed by atoms with E-state index in [1.165, 1.54) is 12.1 Å². The Labute approximate surface area is 127 Å². The van der Waals surface area contributed by atoms with Crippen LogP contribution in [0.4, 0.5) is 11.4 Å². The van der Waals surface area contributed by atoms with E-state index in [1.807, 2.05) is 6.92 Å². The average Bonchev–Trinajstić information content (AvgIpc) is 2.49. The molecule has 0 aromatic heterocycles. The van der Waals surface area contributed by atoms with Crippen molar-refractivity contribution in [1.82, 2.24) is 0 Å². The quantitative estimate of drug-likeness (QED) is 0.793. The van der Waals surface area contributed by atoms with Crippen LogP contribution in [0.3, 0.4) is 0 Å². The maximum atomic E-state index is 10.7. The number of carbonyl (C=O) groups is 1. The predicted octanol–water partition coefficient (Wildman–Crippen LogP) is 3.83. The smallest absolute Gasteiger partial charge is 0.307 e. The molecule has 0 fully saturated rings. The van der Waals surface area contributed by atoms with Gasteiger partial charge in [-0.1, -0.05) is 0 Å². The molecule has 2 aromatic rings. The molecule has 0 bridgehead atoms. The molecule has 0 aliphatic heterocycles. The number of aromatic hydroxyl groups is 1. The monoisotopic (exact) mass is 300 g/mol. The van der Waals surface area contributed by atoms with E-state index in [9.17, 15) is 9.90 Å². The SMILES string of the molecule is CCOc1ccc(N=Nc2ccc(O)c(CC(=O)O)c2)cc1. The zero-order valence-corrected chi connectivity index (χ0v) is 12.1. The van der Waals surface area contributed by atoms with Gasteiger partial charge in [0.05, 0.1) is 24.4 Å². The Kier molecular flexibility index (Phi) is 5.08. The van der Waals surface area contributed by atoms with Crippen molar-refractivity contribution in [2.45, 2.75) is 13.3 Å². The first-order chi connectivity index (χ1) is 10.6. The highest BCUT2D eigenvalue weighted by molar-refractivity contribution is 5.72. The third-order valence-corrected chi connectivity index (χ3v) is 2.83. The summed E-state index contributed by atoms with van der Waals surface area (Å²) in [5.41, 5.74) is 1.43. The first kappa shape index (κ1) is 15.5. The summed E-state index contributed by atoms with van der Waals surface area (Å²) in [6.07, 6.45) is -0.266. The summed E-state index contributed by atoms with van der Waals surface area (Å²) in [7, 11) is 0. The molecule has 0 aliphatic carbocycles. The molecule has 0 saturated heterocycles. The van der Waals surface area contributed by atoms with Gasteiger partial charge in [0.25, 0.3) is 0 Å². The van der Waals surface area contributed by atoms with Gasteiger partial charge in [0, 0.05) is 5.56 Å². The molecule has 6 heteroatoms. The van der Waals surface area contributed by atoms with Gasteiger partial charge in [-0.2, -0.15) is 10.2 Å². The van der Waals surface area contributed by atoms with E-state index in [2.05, 4.69) is 10.2 Å². The highest BCUT2D eigenvalue weighted by Gasteiger charge is 2.07. The van der Waals surface area contributed by atoms with Crippen LogP contribution in [0.1, 0.15) is 12.5 Å². The van der Waals surface area contributed by atoms with Crippen LogP contribution in [0.2, 0.25) is 0 Å². The number of phenols is 1. The maximum Gasteiger partial charge on any atom is 0.307 e. The molecule has 0 amide bonds. The molecule has 0 heterocycles. The lowest BCUT2D eigenvalue weighted by Crippen LogP contribution is -1.99. The fourth-order valence-electron chi connectivity index (χ4n) is 1.83. The number of azo groups is 1. The van der Waals surface area contributed by atoms with E-state index >= 15 is 0 Å². The number of hydrogen-bond donors (Lipinski definition) is 2. The van der Waals surface area contributed by atoms with Gasteiger partial charge in [0.2, 0.25) is 0 Å². The molecular weight excluding hydrogens is 284 g/mol. The van der Waals surface area contributed by atoms with E-state index in [4.69, 9.17) is 9.84 Å². The molecule has 0 aliphatic rings. The lowest BCUT2D eigenvalue weighted by atomic mass is 10.1. The fourth-order valence-corrected chi connectivity index (χ4v) is 1.83. The number of nitrogens with zero attached hydrogens (tertiary/aromatic N) is 2. The van der Waals surface area contributed by atoms with Crippen LogP contribution in [0.25, 0.3) is 0 Å². The third-order valence-electron chi connectivity index (χ3n) is 2.83. The second-order valence-corrected chi connectivity index (χ2v) is 4.51. The Morgan fingerprint density at radius 3 is 2.36 bits per heavy atom. The van der Waals surface area contributed by atoms with E-state index in [0.29, 0.717) is 23.5 Å². The number of ether oxygens (including phenoxy) is 1. The van der Waals surface area contributed by atoms with Gasteiger partial charge in [0.15, 0.2) is 0 Å². The number of rotatable bonds is 6. The van der Waals surface area contributed by atoms with Crippen molar-refractivity contribution in [3.05, 3.63) is 48.0 Å². The minimum Gasteiger partial charge on any atom is -0.508 e. The van der Waals surface area contributed by atoms with Gasteiger partial charge in [-0.25, -0.2) is 0 Å². The Bertz CT molecular complexity index is 681. The molecule has 6 nitrogen and oxygen atoms in total. The van der Waals surface area contributed by atoms with Crippen molar-refractivity contribution in [1.29, 1.82) is 0 Å². The molecule has 2 N–H and O–H groups in total. The summed E-state index contributed by atoms with van der Waals surface area (Å²) >= 11 is 0. The minimum absolute atomic E-state index is 0.0672. The largest absolute Gasteiger partial charge is 0.508 e. The van der Waals surface area contributed by atoms with Gasteiger partial charge in [-0.3, -0.25) is 4.79 Å². The second-order valence-electron chi connectivity index (χ2n) is 4.51. The Morgan fingerprint density at radius 1 is 1.09 bits per heavy atom. The highest BCUT2D eigenvalue weighted by Crippen LogP contribution is 2.26. The molecule has 22 heavy (non-hydrogen) atoms. The Hall–Kier alpha value is -2.89. The van der Waals surface area contributed by atoms with Gasteiger partial charge in [-0.05, 0) is 49.4 Å². The van der Waals surface area contributed by atoms with Crippen molar-refractivity contribution < 1.29 is 19.7 Å². The topological polar surface area (TPSA) is 91.5 Å². The number of carboxylic acid groups (broad SMARTS) is 1. The molecule has 2 rings (SSSR count). The van der Waals surface area contributed by atoms with E-state index in [0.717, 1.165) is 5.75 Å². The predicted molar refractivity (Wildman–Crippen MR) is 81.2 cm³/mol. The molecule has 0 spiro atoms. The van der Waals surface area contributed by atoms with Crippen molar-refractivity contribution in [2.75, 3.05) is 6.61 Å². The number of aliphatic carboxylic acids is 1. The molecular formula is C16H16N2O4. The summed E-state index contributed by atoms with van der Waals surface area (Å²) < 4.78 is 5.33. The Morgan fingerprint density at radius 2 is 1.73 bits per heavy atom. The van der Waals surface area contributed by atoms with Gasteiger partial charge in [0.1, 0.15) is 11.5 Å². The number of hydrogen-bond acceptors (Lipinski definition) is 5. The van der Waals surface area contributed by atoms with Crippen molar-refractivity contribution >= 4 is 17.3 Å². The summed E-state index contributed by atoms with van der Waals surface area (Å²) in [6.45, 7) is 2.51. The second kappa shape index (κ2) is 7.21. The first-order valence-corrected chi connectivity index (χ1v) is 6.76. The zero-order valence-electron chi connectivity index (χ0n) is 12.1. The fraction of sp³-hybridized carbons (Fsp3) is 0.188. The van der Waals surface area contributed by atoms with Crippen LogP contribution in [-0.4, -0.2) is 22.8 Å². The van der Waals surface area contributed by atoms with Crippen LogP contribution < -0.4 is 4.74 Å². The standard InChI is InChI=1S/C16H16N2O4/c1-2-22-14-6-3-12(4-7-14)17-18-13-5-8-15(19)11(9-13)10-16(20)21/h3-9,19H,2,10H2,1H3,(H,20,21). The molecule has 2 aromatic carbocycles. The van der Waals surface area contributed by atoms with Crippen LogP contribution in [0, 0.1) is 0 Å². The minimum atomic E-state index is -1.02. The molecule has 114 valence electrons. The van der Waals surface area contributed by atoms with Crippen LogP contribution in [-0.2, 0) is 11.2 Å². The first-order valence-electron chi connectivity index (χ1n) is 6.76. The van der Waals surface area contributed by atoms with E-state index in [-0.39, 0.29) is 12.2 Å². The number of carboxylic acids is 1. The van der Waals surface area contributed by atoms with Gasteiger partial charge < -0.3 is 14.9 Å². The van der Waals surface area contributed by atoms with Gasteiger partial charge >= 0.3 is 5.97 Å². The molecule has 0 atom stereocenters. The van der Waals surface area contributed by atoms with E-state index in [1.54, 1.807) is 30.3 Å². The summed E-state index contributed by atoms with van der Waals surface area (Å²) in [5, 5.41) is 26.5. The third kappa shape index (κ3) is 4.31. The van der Waals surface area contributed by atoms with E-state index < -0.39 is 5.97 Å². The summed E-state index contributed by atoms with van der Waals surface area (Å²) in [6, 6.07) is 11.6. The van der Waals surface area contributed by atoms with Crippen LogP contribution in [0.15, 0.2) is 52.7 Å². The molecule has 0 unspecified atom stereocenters. The lowest BCUT2D eigenvalue weighted by Gasteiger charge is -2.03. The van der Waals surface area contributed by atoms with Crippen LogP contribution >= 0.6 is 0 Å². The zero-order chi connectivity index (χ0) is 15.9. The highest BCUT2D eigenvalue weighted by atomic mass is 16.5. The average molecular weight is 300 g/mol. The number of benzene rings is 2. The normalized spacial score (nSPS) is 10.8. The van der Waals surface area contributed by atoms with Crippen molar-refractivity contribution in [2.24, 2.45) is 10.2 Å². The number of phenolic OH excluding ortho intramolecular Hbond substituents is 1. The summed E-state index contributed by atoms with van der Waals surface area (Å²) in [4.78, 5) is 10.7. The van der Waals surface area contributed by atoms with Gasteiger partial charge in [-0.15, -0.1) is 0 Å². The van der Waals surface area contributed by atoms with Crippen molar-refractivity contribution in [3.63, 3.8) is 0 Å². The van der Waals surface area contributed by atoms with Crippen molar-refractivity contribution in [3.8, 4) is 11.5 Å².